The van der Waals surface area contributed by atoms with Crippen LogP contribution in [0.15, 0.2) is 51.6 Å². The molecule has 126 valence electrons. The number of nitrogens with zero attached hydrogens (tertiary/aromatic N) is 4. The Morgan fingerprint density at radius 2 is 2.24 bits per heavy atom. The first-order valence-corrected chi connectivity index (χ1v) is 8.07. The van der Waals surface area contributed by atoms with E-state index in [0.717, 1.165) is 4.88 Å². The van der Waals surface area contributed by atoms with Crippen molar-refractivity contribution in [2.45, 2.75) is 6.04 Å². The zero-order chi connectivity index (χ0) is 17.4. The third-order valence-corrected chi connectivity index (χ3v) is 4.63. The molecule has 3 aromatic rings. The number of allylic oxidation sites excluding steroid dienone is 1. The molecule has 1 atom stereocenters. The number of rotatable bonds is 4. The summed E-state index contributed by atoms with van der Waals surface area (Å²) in [4.78, 5) is 26.1. The van der Waals surface area contributed by atoms with Crippen molar-refractivity contribution in [1.82, 2.24) is 20.2 Å². The normalized spacial score (nSPS) is 16.3. The summed E-state index contributed by atoms with van der Waals surface area (Å²) < 4.78 is 11.5. The SMILES string of the molecule is COC(=O)C1=C(C(=O)c2ccco2)[C@@H](c2cccs2)n2nnnc2N1. The number of carbonyl (C=O) groups is 2. The van der Waals surface area contributed by atoms with Gasteiger partial charge in [0.25, 0.3) is 0 Å². The van der Waals surface area contributed by atoms with Crippen LogP contribution >= 0.6 is 11.3 Å². The van der Waals surface area contributed by atoms with Gasteiger partial charge in [0.1, 0.15) is 11.7 Å². The molecule has 0 bridgehead atoms. The molecule has 0 saturated heterocycles. The fourth-order valence-electron chi connectivity index (χ4n) is 2.64. The molecular formula is C15H11N5O4S. The highest BCUT2D eigenvalue weighted by Gasteiger charge is 2.39. The number of furan rings is 1. The number of hydrogen-bond donors (Lipinski definition) is 1. The number of ketones is 1. The number of anilines is 1. The van der Waals surface area contributed by atoms with Gasteiger partial charge in [-0.25, -0.2) is 4.79 Å². The summed E-state index contributed by atoms with van der Waals surface area (Å²) in [6.07, 6.45) is 1.39. The minimum Gasteiger partial charge on any atom is -0.464 e. The van der Waals surface area contributed by atoms with E-state index in [0.29, 0.717) is 0 Å². The van der Waals surface area contributed by atoms with Gasteiger partial charge in [-0.1, -0.05) is 11.2 Å². The van der Waals surface area contributed by atoms with E-state index in [2.05, 4.69) is 20.8 Å². The molecule has 0 radical (unpaired) electrons. The molecule has 25 heavy (non-hydrogen) atoms. The molecule has 1 N–H and O–H groups in total. The number of tetrazole rings is 1. The molecule has 0 unspecified atom stereocenters. The van der Waals surface area contributed by atoms with E-state index < -0.39 is 17.8 Å². The number of carbonyl (C=O) groups excluding carboxylic acids is 2. The molecule has 4 rings (SSSR count). The number of aromatic nitrogens is 4. The number of fused-ring (bicyclic) bond motifs is 1. The Hall–Kier alpha value is -3.27. The standard InChI is InChI=1S/C15H11N5O4S/c1-23-14(22)11-10(13(21)8-4-2-6-24-8)12(9-5-3-7-25-9)20-15(16-11)17-18-19-20/h2-7,12H,1H3,(H,16,17,19)/t12-/m1/s1. The smallest absolute Gasteiger partial charge is 0.355 e. The Labute approximate surface area is 144 Å². The second kappa shape index (κ2) is 5.98. The van der Waals surface area contributed by atoms with Crippen LogP contribution in [0.3, 0.4) is 0 Å². The molecule has 9 nitrogen and oxygen atoms in total. The van der Waals surface area contributed by atoms with E-state index in [1.165, 1.54) is 35.5 Å². The molecule has 1 aliphatic rings. The quantitative estimate of drug-likeness (QED) is 0.554. The predicted molar refractivity (Wildman–Crippen MR) is 86.0 cm³/mol. The number of Topliss-reactive ketones (excluding diaryl/α,β-unsaturated/α-hetero) is 1. The third-order valence-electron chi connectivity index (χ3n) is 3.71. The van der Waals surface area contributed by atoms with Crippen molar-refractivity contribution < 1.29 is 18.7 Å². The minimum atomic E-state index is -0.689. The number of hydrogen-bond acceptors (Lipinski definition) is 9. The molecule has 1 aliphatic heterocycles. The zero-order valence-corrected chi connectivity index (χ0v) is 13.7. The number of thiophene rings is 1. The van der Waals surface area contributed by atoms with E-state index in [-0.39, 0.29) is 23.0 Å². The van der Waals surface area contributed by atoms with Gasteiger partial charge in [-0.15, -0.1) is 11.3 Å². The largest absolute Gasteiger partial charge is 0.464 e. The summed E-state index contributed by atoms with van der Waals surface area (Å²) in [7, 11) is 1.24. The van der Waals surface area contributed by atoms with Crippen molar-refractivity contribution in [2.24, 2.45) is 0 Å². The average molecular weight is 357 g/mol. The maximum Gasteiger partial charge on any atom is 0.355 e. The van der Waals surface area contributed by atoms with Crippen LogP contribution in [0.1, 0.15) is 21.5 Å². The fourth-order valence-corrected chi connectivity index (χ4v) is 3.46. The van der Waals surface area contributed by atoms with Crippen molar-refractivity contribution in [3.05, 3.63) is 57.8 Å². The number of ether oxygens (including phenoxy) is 1. The van der Waals surface area contributed by atoms with Crippen LogP contribution in [-0.2, 0) is 9.53 Å². The Morgan fingerprint density at radius 3 is 2.92 bits per heavy atom. The van der Waals surface area contributed by atoms with Gasteiger partial charge in [-0.2, -0.15) is 4.68 Å². The van der Waals surface area contributed by atoms with Crippen LogP contribution < -0.4 is 5.32 Å². The first-order chi connectivity index (χ1) is 12.2. The lowest BCUT2D eigenvalue weighted by Gasteiger charge is -2.26. The van der Waals surface area contributed by atoms with E-state index >= 15 is 0 Å². The fraction of sp³-hybridized carbons (Fsp3) is 0.133. The molecule has 0 amide bonds. The van der Waals surface area contributed by atoms with Gasteiger partial charge in [-0.05, 0) is 34.0 Å². The van der Waals surface area contributed by atoms with E-state index in [1.54, 1.807) is 6.07 Å². The average Bonchev–Trinajstić information content (AvgIpc) is 3.40. The van der Waals surface area contributed by atoms with Gasteiger partial charge >= 0.3 is 5.97 Å². The van der Waals surface area contributed by atoms with Crippen LogP contribution in [0.2, 0.25) is 0 Å². The maximum atomic E-state index is 13.1. The highest BCUT2D eigenvalue weighted by atomic mass is 32.1. The maximum absolute atomic E-state index is 13.1. The Balaban J connectivity index is 1.95. The number of methoxy groups -OCH3 is 1. The second-order valence-corrected chi connectivity index (χ2v) is 6.06. The van der Waals surface area contributed by atoms with E-state index in [4.69, 9.17) is 9.15 Å². The van der Waals surface area contributed by atoms with Gasteiger partial charge in [0.15, 0.2) is 5.76 Å². The van der Waals surface area contributed by atoms with Gasteiger partial charge in [-0.3, -0.25) is 4.79 Å². The lowest BCUT2D eigenvalue weighted by molar-refractivity contribution is -0.136. The molecule has 0 aromatic carbocycles. The van der Waals surface area contributed by atoms with Crippen LogP contribution in [0.5, 0.6) is 0 Å². The Kier molecular flexibility index (Phi) is 3.65. The molecule has 0 fully saturated rings. The lowest BCUT2D eigenvalue weighted by Crippen LogP contribution is -2.32. The van der Waals surface area contributed by atoms with Crippen LogP contribution in [-0.4, -0.2) is 39.1 Å². The summed E-state index contributed by atoms with van der Waals surface area (Å²) in [5.41, 5.74) is 0.147. The van der Waals surface area contributed by atoms with Crippen molar-refractivity contribution >= 4 is 29.0 Å². The summed E-state index contributed by atoms with van der Waals surface area (Å²) in [6, 6.07) is 6.16. The van der Waals surface area contributed by atoms with Crippen LogP contribution in [0, 0.1) is 0 Å². The monoisotopic (exact) mass is 357 g/mol. The first-order valence-electron chi connectivity index (χ1n) is 7.19. The Morgan fingerprint density at radius 1 is 1.36 bits per heavy atom. The molecular weight excluding hydrogens is 346 g/mol. The summed E-state index contributed by atoms with van der Waals surface area (Å²) in [5, 5.41) is 16.1. The summed E-state index contributed by atoms with van der Waals surface area (Å²) in [5.74, 6) is -0.783. The second-order valence-electron chi connectivity index (χ2n) is 5.08. The molecule has 0 spiro atoms. The molecule has 3 aromatic heterocycles. The highest BCUT2D eigenvalue weighted by molar-refractivity contribution is 7.10. The van der Waals surface area contributed by atoms with E-state index in [9.17, 15) is 9.59 Å². The van der Waals surface area contributed by atoms with Crippen molar-refractivity contribution in [3.8, 4) is 0 Å². The molecule has 4 heterocycles. The lowest BCUT2D eigenvalue weighted by atomic mass is 9.95. The van der Waals surface area contributed by atoms with Crippen molar-refractivity contribution in [2.75, 3.05) is 12.4 Å². The van der Waals surface area contributed by atoms with Crippen LogP contribution in [0.4, 0.5) is 5.95 Å². The molecule has 0 aliphatic carbocycles. The topological polar surface area (TPSA) is 112 Å². The predicted octanol–water partition coefficient (Wildman–Crippen LogP) is 1.65. The summed E-state index contributed by atoms with van der Waals surface area (Å²) >= 11 is 1.42. The number of nitrogens with one attached hydrogen (secondary N) is 1. The molecule has 10 heteroatoms. The van der Waals surface area contributed by atoms with Crippen molar-refractivity contribution in [3.63, 3.8) is 0 Å². The van der Waals surface area contributed by atoms with Gasteiger partial charge in [0, 0.05) is 4.88 Å². The Bertz CT molecular complexity index is 958. The van der Waals surface area contributed by atoms with Gasteiger partial charge in [0.2, 0.25) is 11.7 Å². The highest BCUT2D eigenvalue weighted by Crippen LogP contribution is 2.38. The van der Waals surface area contributed by atoms with Gasteiger partial charge in [0.05, 0.1) is 18.9 Å². The molecule has 0 saturated carbocycles. The zero-order valence-electron chi connectivity index (χ0n) is 12.9. The van der Waals surface area contributed by atoms with Crippen molar-refractivity contribution in [1.29, 1.82) is 0 Å². The number of esters is 1. The van der Waals surface area contributed by atoms with Gasteiger partial charge < -0.3 is 14.5 Å². The van der Waals surface area contributed by atoms with E-state index in [1.807, 2.05) is 17.5 Å². The third kappa shape index (κ3) is 2.43. The summed E-state index contributed by atoms with van der Waals surface area (Å²) in [6.45, 7) is 0. The van der Waals surface area contributed by atoms with Crippen LogP contribution in [0.25, 0.3) is 0 Å². The minimum absolute atomic E-state index is 0.00963. The first kappa shape index (κ1) is 15.3.